The van der Waals surface area contributed by atoms with Crippen molar-refractivity contribution in [3.8, 4) is 0 Å². The number of nitrogens with zero attached hydrogens (tertiary/aromatic N) is 2. The minimum absolute atomic E-state index is 0.928. The van der Waals surface area contributed by atoms with E-state index in [-0.39, 0.29) is 0 Å². The molecule has 0 aromatic carbocycles. The summed E-state index contributed by atoms with van der Waals surface area (Å²) >= 11 is 0. The standard InChI is InChI=1S/C10H17N2O/c1-5-6-9(13-4)10-11(2)7-8-12(10)3/h6-8H,5H2,1-4H3/q+1/b9-6+. The quantitative estimate of drug-likeness (QED) is 0.507. The smallest absolute Gasteiger partial charge is 0.323 e. The Bertz CT molecular complexity index is 293. The third-order valence-corrected chi connectivity index (χ3v) is 2.01. The molecule has 3 nitrogen and oxygen atoms in total. The number of rotatable bonds is 3. The second-order valence-corrected chi connectivity index (χ2v) is 3.02. The molecule has 0 saturated carbocycles. The Labute approximate surface area is 79.3 Å². The lowest BCUT2D eigenvalue weighted by Crippen LogP contribution is -2.31. The summed E-state index contributed by atoms with van der Waals surface area (Å²) in [5, 5.41) is 0. The number of imidazole rings is 1. The van der Waals surface area contributed by atoms with Gasteiger partial charge >= 0.3 is 5.82 Å². The molecule has 0 spiro atoms. The lowest BCUT2D eigenvalue weighted by molar-refractivity contribution is -0.674. The van der Waals surface area contributed by atoms with Crippen LogP contribution in [-0.4, -0.2) is 11.7 Å². The minimum atomic E-state index is 0.928. The SMILES string of the molecule is CC/C=C(/OC)c1n(C)cc[n+]1C. The van der Waals surface area contributed by atoms with E-state index in [0.29, 0.717) is 0 Å². The van der Waals surface area contributed by atoms with Crippen LogP contribution in [0.5, 0.6) is 0 Å². The zero-order chi connectivity index (χ0) is 9.84. The van der Waals surface area contributed by atoms with Gasteiger partial charge < -0.3 is 4.74 Å². The van der Waals surface area contributed by atoms with Crippen molar-refractivity contribution in [2.75, 3.05) is 7.11 Å². The average Bonchev–Trinajstić information content (AvgIpc) is 2.43. The van der Waals surface area contributed by atoms with Gasteiger partial charge in [0.15, 0.2) is 0 Å². The van der Waals surface area contributed by atoms with Gasteiger partial charge in [0, 0.05) is 0 Å². The first-order valence-electron chi connectivity index (χ1n) is 4.46. The van der Waals surface area contributed by atoms with E-state index >= 15 is 0 Å². The molecule has 1 aromatic heterocycles. The van der Waals surface area contributed by atoms with Crippen molar-refractivity contribution in [3.63, 3.8) is 0 Å². The molecule has 3 heteroatoms. The first-order chi connectivity index (χ1) is 6.20. The Morgan fingerprint density at radius 2 is 2.38 bits per heavy atom. The number of allylic oxidation sites excluding steroid dienone is 1. The highest BCUT2D eigenvalue weighted by atomic mass is 16.5. The molecule has 0 aliphatic rings. The molecule has 0 N–H and O–H groups in total. The van der Waals surface area contributed by atoms with Gasteiger partial charge in [-0.2, -0.15) is 0 Å². The molecule has 0 unspecified atom stereocenters. The van der Waals surface area contributed by atoms with Crippen LogP contribution >= 0.6 is 0 Å². The molecule has 13 heavy (non-hydrogen) atoms. The van der Waals surface area contributed by atoms with E-state index in [0.717, 1.165) is 18.0 Å². The van der Waals surface area contributed by atoms with Crippen LogP contribution in [0.15, 0.2) is 18.5 Å². The molecule has 0 amide bonds. The molecular formula is C10H17N2O+. The molecule has 0 atom stereocenters. The highest BCUT2D eigenvalue weighted by Gasteiger charge is 2.16. The van der Waals surface area contributed by atoms with E-state index in [2.05, 4.69) is 13.0 Å². The molecule has 0 aliphatic carbocycles. The van der Waals surface area contributed by atoms with Crippen molar-refractivity contribution >= 4 is 5.76 Å². The number of methoxy groups -OCH3 is 1. The summed E-state index contributed by atoms with van der Waals surface area (Å²) < 4.78 is 9.41. The second-order valence-electron chi connectivity index (χ2n) is 3.02. The molecule has 1 aromatic rings. The summed E-state index contributed by atoms with van der Waals surface area (Å²) in [5.74, 6) is 2.02. The third kappa shape index (κ3) is 1.91. The Hall–Kier alpha value is -1.25. The molecule has 72 valence electrons. The largest absolute Gasteiger partial charge is 0.489 e. The predicted molar refractivity (Wildman–Crippen MR) is 51.9 cm³/mol. The van der Waals surface area contributed by atoms with Gasteiger partial charge in [0.05, 0.1) is 21.2 Å². The van der Waals surface area contributed by atoms with Gasteiger partial charge in [-0.25, -0.2) is 9.13 Å². The van der Waals surface area contributed by atoms with Crippen molar-refractivity contribution in [3.05, 3.63) is 24.3 Å². The number of hydrogen-bond donors (Lipinski definition) is 0. The lowest BCUT2D eigenvalue weighted by Gasteiger charge is -2.02. The van der Waals surface area contributed by atoms with E-state index in [1.807, 2.05) is 35.6 Å². The molecule has 1 rings (SSSR count). The Morgan fingerprint density at radius 1 is 1.69 bits per heavy atom. The Balaban J connectivity index is 3.11. The summed E-state index contributed by atoms with van der Waals surface area (Å²) in [6, 6.07) is 0. The fourth-order valence-corrected chi connectivity index (χ4v) is 1.39. The molecule has 0 radical (unpaired) electrons. The van der Waals surface area contributed by atoms with Crippen LogP contribution in [0.1, 0.15) is 19.2 Å². The first-order valence-corrected chi connectivity index (χ1v) is 4.46. The maximum Gasteiger partial charge on any atom is 0.323 e. The van der Waals surface area contributed by atoms with Gasteiger partial charge in [0.2, 0.25) is 5.76 Å². The predicted octanol–water partition coefficient (Wildman–Crippen LogP) is 1.25. The second kappa shape index (κ2) is 4.12. The Morgan fingerprint density at radius 3 is 2.77 bits per heavy atom. The maximum absolute atomic E-state index is 5.32. The van der Waals surface area contributed by atoms with E-state index in [4.69, 9.17) is 4.74 Å². The van der Waals surface area contributed by atoms with Crippen LogP contribution in [0.25, 0.3) is 5.76 Å². The summed E-state index contributed by atoms with van der Waals surface area (Å²) in [6.45, 7) is 2.10. The molecule has 0 saturated heterocycles. The number of ether oxygens (including phenoxy) is 1. The van der Waals surface area contributed by atoms with E-state index in [9.17, 15) is 0 Å². The highest BCUT2D eigenvalue weighted by Crippen LogP contribution is 2.10. The highest BCUT2D eigenvalue weighted by molar-refractivity contribution is 5.50. The van der Waals surface area contributed by atoms with Crippen LogP contribution in [0, 0.1) is 0 Å². The topological polar surface area (TPSA) is 18.0 Å². The molecule has 0 bridgehead atoms. The van der Waals surface area contributed by atoms with Gasteiger partial charge in [-0.1, -0.05) is 6.92 Å². The van der Waals surface area contributed by atoms with Crippen LogP contribution < -0.4 is 4.57 Å². The van der Waals surface area contributed by atoms with Crippen LogP contribution in [0.2, 0.25) is 0 Å². The average molecular weight is 181 g/mol. The summed E-state index contributed by atoms with van der Waals surface area (Å²) in [5.41, 5.74) is 0. The van der Waals surface area contributed by atoms with Crippen molar-refractivity contribution in [2.45, 2.75) is 13.3 Å². The van der Waals surface area contributed by atoms with E-state index in [1.165, 1.54) is 0 Å². The van der Waals surface area contributed by atoms with Crippen molar-refractivity contribution in [2.24, 2.45) is 14.1 Å². The number of aromatic nitrogens is 2. The maximum atomic E-state index is 5.32. The fourth-order valence-electron chi connectivity index (χ4n) is 1.39. The third-order valence-electron chi connectivity index (χ3n) is 2.01. The van der Waals surface area contributed by atoms with Crippen LogP contribution in [-0.2, 0) is 18.8 Å². The lowest BCUT2D eigenvalue weighted by atomic mass is 10.3. The van der Waals surface area contributed by atoms with Gasteiger partial charge in [0.25, 0.3) is 0 Å². The monoisotopic (exact) mass is 181 g/mol. The fraction of sp³-hybridized carbons (Fsp3) is 0.500. The van der Waals surface area contributed by atoms with Crippen LogP contribution in [0.4, 0.5) is 0 Å². The van der Waals surface area contributed by atoms with Gasteiger partial charge in [-0.15, -0.1) is 0 Å². The first kappa shape index (κ1) is 9.84. The Kier molecular flexibility index (Phi) is 3.12. The molecule has 0 fully saturated rings. The van der Waals surface area contributed by atoms with Gasteiger partial charge in [0.1, 0.15) is 12.4 Å². The molecule has 1 heterocycles. The van der Waals surface area contributed by atoms with Crippen LogP contribution in [0.3, 0.4) is 0 Å². The van der Waals surface area contributed by atoms with E-state index < -0.39 is 0 Å². The normalized spacial score (nSPS) is 11.8. The summed E-state index contributed by atoms with van der Waals surface area (Å²) in [7, 11) is 5.73. The van der Waals surface area contributed by atoms with Gasteiger partial charge in [-0.3, -0.25) is 0 Å². The zero-order valence-corrected chi connectivity index (χ0v) is 8.74. The van der Waals surface area contributed by atoms with Crippen molar-refractivity contribution < 1.29 is 9.30 Å². The summed E-state index contributed by atoms with van der Waals surface area (Å²) in [6.07, 6.45) is 7.08. The van der Waals surface area contributed by atoms with Crippen molar-refractivity contribution in [1.29, 1.82) is 0 Å². The summed E-state index contributed by atoms with van der Waals surface area (Å²) in [4.78, 5) is 0. The minimum Gasteiger partial charge on any atom is -0.489 e. The van der Waals surface area contributed by atoms with Gasteiger partial charge in [-0.05, 0) is 12.5 Å². The molecular weight excluding hydrogens is 164 g/mol. The van der Waals surface area contributed by atoms with Crippen molar-refractivity contribution in [1.82, 2.24) is 4.57 Å². The molecule has 0 aliphatic heterocycles. The number of aryl methyl sites for hydroxylation is 2. The van der Waals surface area contributed by atoms with E-state index in [1.54, 1.807) is 7.11 Å². The zero-order valence-electron chi connectivity index (χ0n) is 8.74. The number of hydrogen-bond acceptors (Lipinski definition) is 1.